The Labute approximate surface area is 196 Å². The summed E-state index contributed by atoms with van der Waals surface area (Å²) in [5.41, 5.74) is 0.164. The molecule has 0 radical (unpaired) electrons. The van der Waals surface area contributed by atoms with Gasteiger partial charge >= 0.3 is 6.18 Å². The molecule has 1 aliphatic heterocycles. The largest absolute Gasteiger partial charge is 0.493 e. The number of rotatable bonds is 7. The van der Waals surface area contributed by atoms with Crippen molar-refractivity contribution in [3.63, 3.8) is 0 Å². The highest BCUT2D eigenvalue weighted by Gasteiger charge is 2.43. The van der Waals surface area contributed by atoms with Crippen LogP contribution in [-0.2, 0) is 0 Å². The number of hydrogen-bond donors (Lipinski definition) is 2. The first-order chi connectivity index (χ1) is 15.7. The summed E-state index contributed by atoms with van der Waals surface area (Å²) in [6, 6.07) is 4.36. The van der Waals surface area contributed by atoms with Crippen molar-refractivity contribution in [1.29, 1.82) is 0 Å². The maximum atomic E-state index is 14.5. The number of benzene rings is 1. The third-order valence-corrected chi connectivity index (χ3v) is 6.20. The van der Waals surface area contributed by atoms with Gasteiger partial charge in [-0.2, -0.15) is 18.2 Å². The average Bonchev–Trinajstić information content (AvgIpc) is 2.72. The summed E-state index contributed by atoms with van der Waals surface area (Å²) in [5.74, 6) is -0.405. The van der Waals surface area contributed by atoms with E-state index in [4.69, 9.17) is 9.47 Å². The molecule has 2 N–H and O–H groups in total. The van der Waals surface area contributed by atoms with Crippen LogP contribution in [0.2, 0.25) is 0 Å². The van der Waals surface area contributed by atoms with Gasteiger partial charge in [-0.05, 0) is 59.7 Å². The molecule has 0 unspecified atom stereocenters. The molecule has 3 rings (SSSR count). The van der Waals surface area contributed by atoms with E-state index in [-0.39, 0.29) is 40.4 Å². The molecule has 1 saturated heterocycles. The number of alkyl halides is 3. The lowest BCUT2D eigenvalue weighted by Crippen LogP contribution is -2.61. The number of ether oxygens (including phenoxy) is 2. The predicted octanol–water partition coefficient (Wildman–Crippen LogP) is 5.37. The Kier molecular flexibility index (Phi) is 7.16. The Morgan fingerprint density at radius 3 is 2.35 bits per heavy atom. The molecule has 0 spiro atoms. The fraction of sp³-hybridized carbons (Fsp3) is 0.565. The van der Waals surface area contributed by atoms with E-state index >= 15 is 0 Å². The van der Waals surface area contributed by atoms with E-state index in [1.54, 1.807) is 6.07 Å². The summed E-state index contributed by atoms with van der Waals surface area (Å²) in [4.78, 5) is 10.5. The summed E-state index contributed by atoms with van der Waals surface area (Å²) >= 11 is 0. The number of methoxy groups -OCH3 is 1. The molecule has 1 fully saturated rings. The van der Waals surface area contributed by atoms with Gasteiger partial charge in [-0.25, -0.2) is 9.37 Å². The Bertz CT molecular complexity index is 995. The summed E-state index contributed by atoms with van der Waals surface area (Å²) in [6.45, 7) is 7.13. The van der Waals surface area contributed by atoms with Crippen molar-refractivity contribution in [2.24, 2.45) is 0 Å². The summed E-state index contributed by atoms with van der Waals surface area (Å²) in [7, 11) is 3.42. The molecule has 0 atom stereocenters. The lowest BCUT2D eigenvalue weighted by Gasteiger charge is -2.53. The zero-order valence-electron chi connectivity index (χ0n) is 20.2. The quantitative estimate of drug-likeness (QED) is 0.511. The molecule has 7 nitrogen and oxygen atoms in total. The van der Waals surface area contributed by atoms with Crippen molar-refractivity contribution >= 4 is 17.5 Å². The first kappa shape index (κ1) is 25.8. The Morgan fingerprint density at radius 2 is 1.76 bits per heavy atom. The van der Waals surface area contributed by atoms with E-state index in [2.05, 4.69) is 60.2 Å². The van der Waals surface area contributed by atoms with Gasteiger partial charge in [0.05, 0.1) is 13.3 Å². The van der Waals surface area contributed by atoms with E-state index in [9.17, 15) is 17.6 Å². The number of hydrogen-bond acceptors (Lipinski definition) is 7. The highest BCUT2D eigenvalue weighted by atomic mass is 19.4. The molecule has 2 aromatic rings. The monoisotopic (exact) mass is 485 g/mol. The molecule has 1 aromatic heterocycles. The first-order valence-corrected chi connectivity index (χ1v) is 10.9. The van der Waals surface area contributed by atoms with Crippen molar-refractivity contribution in [1.82, 2.24) is 14.9 Å². The maximum Gasteiger partial charge on any atom is 0.422 e. The molecule has 0 bridgehead atoms. The summed E-state index contributed by atoms with van der Waals surface area (Å²) in [6.07, 6.45) is -1.87. The average molecular weight is 486 g/mol. The fourth-order valence-corrected chi connectivity index (χ4v) is 4.35. The summed E-state index contributed by atoms with van der Waals surface area (Å²) < 4.78 is 62.2. The van der Waals surface area contributed by atoms with E-state index in [1.807, 2.05) is 0 Å². The highest BCUT2D eigenvalue weighted by Crippen LogP contribution is 2.38. The molecule has 0 saturated carbocycles. The molecule has 11 heteroatoms. The minimum Gasteiger partial charge on any atom is -0.493 e. The standard InChI is InChI=1S/C23H31F4N5O2/c1-21(2)10-15(11-22(3,4)32(21)5)29-19-16(24)12-28-20(31-19)30-14-7-8-17(33-6)18(9-14)34-13-23(25,26)27/h7-9,12,15H,10-11,13H2,1-6H3,(H2,28,29,30,31). The number of nitrogens with one attached hydrogen (secondary N) is 2. The molecule has 0 aliphatic carbocycles. The predicted molar refractivity (Wildman–Crippen MR) is 122 cm³/mol. The number of likely N-dealkylation sites (tertiary alicyclic amines) is 1. The zero-order valence-corrected chi connectivity index (χ0v) is 20.2. The van der Waals surface area contributed by atoms with E-state index < -0.39 is 18.6 Å². The van der Waals surface area contributed by atoms with Crippen LogP contribution < -0.4 is 20.1 Å². The molecule has 34 heavy (non-hydrogen) atoms. The minimum absolute atomic E-state index is 0.0122. The van der Waals surface area contributed by atoms with Gasteiger partial charge < -0.3 is 20.1 Å². The number of halogens is 4. The van der Waals surface area contributed by atoms with E-state index in [0.29, 0.717) is 5.69 Å². The molecule has 1 aromatic carbocycles. The topological polar surface area (TPSA) is 71.5 Å². The number of piperidine rings is 1. The number of aromatic nitrogens is 2. The van der Waals surface area contributed by atoms with Crippen molar-refractivity contribution in [3.05, 3.63) is 30.2 Å². The zero-order chi connectivity index (χ0) is 25.3. The molecule has 1 aliphatic rings. The molecular weight excluding hydrogens is 454 g/mol. The van der Waals surface area contributed by atoms with Crippen molar-refractivity contribution in [2.75, 3.05) is 31.4 Å². The van der Waals surface area contributed by atoms with Crippen LogP contribution in [0, 0.1) is 5.82 Å². The van der Waals surface area contributed by atoms with Gasteiger partial charge in [-0.15, -0.1) is 0 Å². The second kappa shape index (κ2) is 9.44. The van der Waals surface area contributed by atoms with Crippen LogP contribution in [0.3, 0.4) is 0 Å². The second-order valence-corrected chi connectivity index (χ2v) is 9.72. The molecule has 188 valence electrons. The van der Waals surface area contributed by atoms with Crippen LogP contribution in [-0.4, -0.2) is 58.9 Å². The third kappa shape index (κ3) is 6.19. The van der Waals surface area contributed by atoms with Crippen LogP contribution in [0.5, 0.6) is 11.5 Å². The lowest BCUT2D eigenvalue weighted by molar-refractivity contribution is -0.153. The summed E-state index contributed by atoms with van der Waals surface area (Å²) in [5, 5.41) is 6.09. The lowest BCUT2D eigenvalue weighted by atomic mass is 9.77. The van der Waals surface area contributed by atoms with Crippen molar-refractivity contribution in [2.45, 2.75) is 63.8 Å². The van der Waals surface area contributed by atoms with Crippen molar-refractivity contribution in [3.8, 4) is 11.5 Å². The van der Waals surface area contributed by atoms with Gasteiger partial charge in [0, 0.05) is 28.9 Å². The normalized spacial score (nSPS) is 18.4. The van der Waals surface area contributed by atoms with Gasteiger partial charge in [-0.3, -0.25) is 4.90 Å². The van der Waals surface area contributed by atoms with Crippen LogP contribution in [0.25, 0.3) is 0 Å². The van der Waals surface area contributed by atoms with Gasteiger partial charge in [-0.1, -0.05) is 0 Å². The molecule has 2 heterocycles. The first-order valence-electron chi connectivity index (χ1n) is 10.9. The van der Waals surface area contributed by atoms with E-state index in [0.717, 1.165) is 19.0 Å². The van der Waals surface area contributed by atoms with Crippen molar-refractivity contribution < 1.29 is 27.0 Å². The van der Waals surface area contributed by atoms with Gasteiger partial charge in [0.15, 0.2) is 29.7 Å². The fourth-order valence-electron chi connectivity index (χ4n) is 4.35. The second-order valence-electron chi connectivity index (χ2n) is 9.72. The number of anilines is 3. The Balaban J connectivity index is 1.78. The van der Waals surface area contributed by atoms with E-state index in [1.165, 1.54) is 19.2 Å². The van der Waals surface area contributed by atoms with Gasteiger partial charge in [0.2, 0.25) is 5.95 Å². The van der Waals surface area contributed by atoms with Crippen LogP contribution in [0.15, 0.2) is 24.4 Å². The van der Waals surface area contributed by atoms with Crippen LogP contribution >= 0.6 is 0 Å². The minimum atomic E-state index is -4.49. The molecule has 0 amide bonds. The maximum absolute atomic E-state index is 14.5. The Hall–Kier alpha value is -2.82. The van der Waals surface area contributed by atoms with Crippen LogP contribution in [0.4, 0.5) is 35.0 Å². The highest BCUT2D eigenvalue weighted by molar-refractivity contribution is 5.60. The van der Waals surface area contributed by atoms with Gasteiger partial charge in [0.1, 0.15) is 0 Å². The van der Waals surface area contributed by atoms with Crippen LogP contribution in [0.1, 0.15) is 40.5 Å². The number of nitrogens with zero attached hydrogens (tertiary/aromatic N) is 3. The molecular formula is C23H31F4N5O2. The third-order valence-electron chi connectivity index (χ3n) is 6.20. The SMILES string of the molecule is COc1ccc(Nc2ncc(F)c(NC3CC(C)(C)N(C)C(C)(C)C3)n2)cc1OCC(F)(F)F. The smallest absolute Gasteiger partial charge is 0.422 e. The Morgan fingerprint density at radius 1 is 1.12 bits per heavy atom. The van der Waals surface area contributed by atoms with Gasteiger partial charge in [0.25, 0.3) is 0 Å².